The van der Waals surface area contributed by atoms with Gasteiger partial charge in [-0.2, -0.15) is 0 Å². The Labute approximate surface area is 144 Å². The van der Waals surface area contributed by atoms with Crippen molar-refractivity contribution in [3.8, 4) is 0 Å². The van der Waals surface area contributed by atoms with Gasteiger partial charge in [-0.05, 0) is 67.6 Å². The normalized spacial score (nSPS) is 10.4. The van der Waals surface area contributed by atoms with Crippen molar-refractivity contribution in [3.63, 3.8) is 0 Å². The lowest BCUT2D eigenvalue weighted by Crippen LogP contribution is -2.11. The lowest BCUT2D eigenvalue weighted by atomic mass is 10.2. The summed E-state index contributed by atoms with van der Waals surface area (Å²) in [7, 11) is 0. The fourth-order valence-corrected chi connectivity index (χ4v) is 2.97. The zero-order valence-corrected chi connectivity index (χ0v) is 13.9. The Hall–Kier alpha value is -2.59. The standard InChI is InChI=1S/C20H16FNOS/c1-14-2-10-18(11-3-14)24-19-12-8-17(9-13-19)22-20(23)15-4-6-16(21)7-5-15/h2-13H,1H3,(H,22,23). The van der Waals surface area contributed by atoms with Crippen molar-refractivity contribution >= 4 is 23.4 Å². The molecule has 0 aliphatic heterocycles. The Morgan fingerprint density at radius 1 is 0.833 bits per heavy atom. The van der Waals surface area contributed by atoms with Gasteiger partial charge in [0.2, 0.25) is 0 Å². The van der Waals surface area contributed by atoms with Crippen molar-refractivity contribution in [2.24, 2.45) is 0 Å². The Morgan fingerprint density at radius 3 is 1.96 bits per heavy atom. The molecule has 0 spiro atoms. The molecular weight excluding hydrogens is 321 g/mol. The van der Waals surface area contributed by atoms with E-state index in [9.17, 15) is 9.18 Å². The minimum absolute atomic E-state index is 0.256. The number of halogens is 1. The monoisotopic (exact) mass is 337 g/mol. The van der Waals surface area contributed by atoms with Gasteiger partial charge in [-0.3, -0.25) is 4.79 Å². The van der Waals surface area contributed by atoms with E-state index in [0.717, 1.165) is 4.90 Å². The number of anilines is 1. The van der Waals surface area contributed by atoms with E-state index in [1.54, 1.807) is 11.8 Å². The summed E-state index contributed by atoms with van der Waals surface area (Å²) in [6, 6.07) is 21.5. The third kappa shape index (κ3) is 4.24. The topological polar surface area (TPSA) is 29.1 Å². The Morgan fingerprint density at radius 2 is 1.38 bits per heavy atom. The molecule has 0 radical (unpaired) electrons. The van der Waals surface area contributed by atoms with Gasteiger partial charge in [0, 0.05) is 21.0 Å². The molecule has 3 aromatic rings. The molecule has 24 heavy (non-hydrogen) atoms. The number of hydrogen-bond donors (Lipinski definition) is 1. The molecule has 0 unspecified atom stereocenters. The maximum absolute atomic E-state index is 12.9. The van der Waals surface area contributed by atoms with Crippen molar-refractivity contribution in [2.45, 2.75) is 16.7 Å². The highest BCUT2D eigenvalue weighted by Crippen LogP contribution is 2.28. The number of rotatable bonds is 4. The number of hydrogen-bond acceptors (Lipinski definition) is 2. The summed E-state index contributed by atoms with van der Waals surface area (Å²) in [5.41, 5.74) is 2.37. The lowest BCUT2D eigenvalue weighted by molar-refractivity contribution is 0.102. The molecule has 0 saturated carbocycles. The highest BCUT2D eigenvalue weighted by atomic mass is 32.2. The summed E-state index contributed by atoms with van der Waals surface area (Å²) < 4.78 is 12.9. The molecule has 0 aliphatic rings. The Kier molecular flexibility index (Phi) is 4.96. The van der Waals surface area contributed by atoms with Crippen LogP contribution in [0.5, 0.6) is 0 Å². The first kappa shape index (κ1) is 16.3. The van der Waals surface area contributed by atoms with Crippen molar-refractivity contribution in [2.75, 3.05) is 5.32 Å². The van der Waals surface area contributed by atoms with Gasteiger partial charge in [-0.15, -0.1) is 0 Å². The molecule has 4 heteroatoms. The maximum atomic E-state index is 12.9. The van der Waals surface area contributed by atoms with Gasteiger partial charge < -0.3 is 5.32 Å². The SMILES string of the molecule is Cc1ccc(Sc2ccc(NC(=O)c3ccc(F)cc3)cc2)cc1. The zero-order valence-electron chi connectivity index (χ0n) is 13.1. The molecule has 0 bridgehead atoms. The minimum atomic E-state index is -0.357. The van der Waals surface area contributed by atoms with E-state index < -0.39 is 0 Å². The van der Waals surface area contributed by atoms with Crippen molar-refractivity contribution in [3.05, 3.63) is 89.7 Å². The molecule has 1 N–H and O–H groups in total. The van der Waals surface area contributed by atoms with E-state index in [1.165, 1.54) is 34.7 Å². The van der Waals surface area contributed by atoms with Gasteiger partial charge >= 0.3 is 0 Å². The second-order valence-corrected chi connectivity index (χ2v) is 6.55. The van der Waals surface area contributed by atoms with Crippen LogP contribution in [0, 0.1) is 12.7 Å². The predicted octanol–water partition coefficient (Wildman–Crippen LogP) is 5.54. The van der Waals surface area contributed by atoms with E-state index in [2.05, 4.69) is 36.5 Å². The predicted molar refractivity (Wildman–Crippen MR) is 96.1 cm³/mol. The second-order valence-electron chi connectivity index (χ2n) is 5.40. The van der Waals surface area contributed by atoms with Gasteiger partial charge in [-0.25, -0.2) is 4.39 Å². The largest absolute Gasteiger partial charge is 0.322 e. The minimum Gasteiger partial charge on any atom is -0.322 e. The van der Waals surface area contributed by atoms with Crippen LogP contribution in [0.4, 0.5) is 10.1 Å². The number of benzene rings is 3. The summed E-state index contributed by atoms with van der Waals surface area (Å²) in [4.78, 5) is 14.4. The van der Waals surface area contributed by atoms with Crippen molar-refractivity contribution < 1.29 is 9.18 Å². The van der Waals surface area contributed by atoms with Crippen molar-refractivity contribution in [1.82, 2.24) is 0 Å². The zero-order chi connectivity index (χ0) is 16.9. The Bertz CT molecular complexity index is 827. The second kappa shape index (κ2) is 7.32. The fraction of sp³-hybridized carbons (Fsp3) is 0.0500. The average molecular weight is 337 g/mol. The van der Waals surface area contributed by atoms with Crippen LogP contribution in [0.25, 0.3) is 0 Å². The molecule has 0 fully saturated rings. The summed E-state index contributed by atoms with van der Waals surface area (Å²) in [6.07, 6.45) is 0. The molecule has 3 aromatic carbocycles. The average Bonchev–Trinajstić information content (AvgIpc) is 2.59. The molecular formula is C20H16FNOS. The molecule has 3 rings (SSSR count). The first-order chi connectivity index (χ1) is 11.6. The van der Waals surface area contributed by atoms with Crippen LogP contribution >= 0.6 is 11.8 Å². The van der Waals surface area contributed by atoms with Crippen molar-refractivity contribution in [1.29, 1.82) is 0 Å². The number of carbonyl (C=O) groups excluding carboxylic acids is 1. The first-order valence-electron chi connectivity index (χ1n) is 7.52. The van der Waals surface area contributed by atoms with Gasteiger partial charge in [0.15, 0.2) is 0 Å². The van der Waals surface area contributed by atoms with Crippen LogP contribution in [-0.4, -0.2) is 5.91 Å². The highest BCUT2D eigenvalue weighted by Gasteiger charge is 2.06. The molecule has 0 heterocycles. The van der Waals surface area contributed by atoms with Crippen LogP contribution in [0.3, 0.4) is 0 Å². The van der Waals surface area contributed by atoms with Crippen LogP contribution in [0.1, 0.15) is 15.9 Å². The lowest BCUT2D eigenvalue weighted by Gasteiger charge is -2.07. The Balaban J connectivity index is 1.64. The van der Waals surface area contributed by atoms with Gasteiger partial charge in [0.25, 0.3) is 5.91 Å². The first-order valence-corrected chi connectivity index (χ1v) is 8.33. The highest BCUT2D eigenvalue weighted by molar-refractivity contribution is 7.99. The number of nitrogens with one attached hydrogen (secondary N) is 1. The smallest absolute Gasteiger partial charge is 0.255 e. The van der Waals surface area contributed by atoms with E-state index in [4.69, 9.17) is 0 Å². The number of aryl methyl sites for hydroxylation is 1. The summed E-state index contributed by atoms with van der Waals surface area (Å²) in [6.45, 7) is 2.06. The molecule has 120 valence electrons. The van der Waals surface area contributed by atoms with E-state index in [-0.39, 0.29) is 11.7 Å². The van der Waals surface area contributed by atoms with Crippen LogP contribution in [0.15, 0.2) is 82.6 Å². The molecule has 0 saturated heterocycles. The summed E-state index contributed by atoms with van der Waals surface area (Å²) >= 11 is 1.67. The summed E-state index contributed by atoms with van der Waals surface area (Å²) in [5.74, 6) is -0.613. The van der Waals surface area contributed by atoms with Gasteiger partial charge in [0.05, 0.1) is 0 Å². The van der Waals surface area contributed by atoms with Crippen LogP contribution < -0.4 is 5.32 Å². The summed E-state index contributed by atoms with van der Waals surface area (Å²) in [5, 5.41) is 2.81. The van der Waals surface area contributed by atoms with E-state index in [1.807, 2.05) is 24.3 Å². The van der Waals surface area contributed by atoms with E-state index >= 15 is 0 Å². The maximum Gasteiger partial charge on any atom is 0.255 e. The molecule has 1 amide bonds. The number of carbonyl (C=O) groups is 1. The third-order valence-corrected chi connectivity index (χ3v) is 4.49. The third-order valence-electron chi connectivity index (χ3n) is 3.48. The van der Waals surface area contributed by atoms with Crippen LogP contribution in [-0.2, 0) is 0 Å². The van der Waals surface area contributed by atoms with E-state index in [0.29, 0.717) is 11.3 Å². The molecule has 0 aliphatic carbocycles. The molecule has 2 nitrogen and oxygen atoms in total. The fourth-order valence-electron chi connectivity index (χ4n) is 2.15. The molecule has 0 aromatic heterocycles. The van der Waals surface area contributed by atoms with Gasteiger partial charge in [-0.1, -0.05) is 29.5 Å². The quantitative estimate of drug-likeness (QED) is 0.677. The van der Waals surface area contributed by atoms with Gasteiger partial charge in [0.1, 0.15) is 5.82 Å². The molecule has 0 atom stereocenters. The number of amides is 1. The van der Waals surface area contributed by atoms with Crippen LogP contribution in [0.2, 0.25) is 0 Å².